The lowest BCUT2D eigenvalue weighted by molar-refractivity contribution is -0.161. The second-order valence-electron chi connectivity index (χ2n) is 12.1. The van der Waals surface area contributed by atoms with E-state index in [0.717, 1.165) is 82.9 Å². The van der Waals surface area contributed by atoms with Crippen molar-refractivity contribution < 1.29 is 23.8 Å². The topological polar surface area (TPSA) is 65.1 Å². The van der Waals surface area contributed by atoms with Gasteiger partial charge in [-0.1, -0.05) is 72.9 Å². The van der Waals surface area contributed by atoms with Crippen LogP contribution in [0.15, 0.2) is 60.7 Å². The van der Waals surface area contributed by atoms with Gasteiger partial charge >= 0.3 is 11.9 Å². The average molecular weight is 600 g/mol. The maximum Gasteiger partial charge on any atom is 0.308 e. The molecule has 43 heavy (non-hydrogen) atoms. The predicted octanol–water partition coefficient (Wildman–Crippen LogP) is 7.17. The Morgan fingerprint density at radius 1 is 0.884 bits per heavy atom. The van der Waals surface area contributed by atoms with Gasteiger partial charge in [-0.3, -0.25) is 9.59 Å². The van der Waals surface area contributed by atoms with Crippen LogP contribution in [0.25, 0.3) is 0 Å². The van der Waals surface area contributed by atoms with Crippen LogP contribution in [0.3, 0.4) is 0 Å². The number of hydrogen-bond acceptors (Lipinski definition) is 6. The van der Waals surface area contributed by atoms with Gasteiger partial charge in [0.2, 0.25) is 0 Å². The van der Waals surface area contributed by atoms with Gasteiger partial charge in [0.15, 0.2) is 11.2 Å². The summed E-state index contributed by atoms with van der Waals surface area (Å²) in [5.41, 5.74) is 4.33. The molecular weight excluding hydrogens is 558 g/mol. The molecule has 0 aromatic heterocycles. The standard InChI is InChI=1S/C36H41NO5S/c1-23-24(2)33-31(25(3)32(23)40-26(4)38)17-20-35(6,42-33)34(43)37-21-18-30(19-22-37)36(41-27(5)39,28-13-9-7-10-14-28)29-15-11-8-12-16-29/h7-16,30H,17-22H2,1-6H3. The molecular formula is C36H41NO5S. The average Bonchev–Trinajstić information content (AvgIpc) is 3.01. The van der Waals surface area contributed by atoms with Crippen molar-refractivity contribution >= 4 is 29.1 Å². The lowest BCUT2D eigenvalue weighted by atomic mass is 9.71. The molecule has 1 atom stereocenters. The van der Waals surface area contributed by atoms with Gasteiger partial charge in [-0.2, -0.15) is 0 Å². The molecule has 2 heterocycles. The number of hydrogen-bond donors (Lipinski definition) is 0. The Bertz CT molecular complexity index is 1490. The molecule has 1 unspecified atom stereocenters. The quantitative estimate of drug-likeness (QED) is 0.169. The third-order valence-corrected chi connectivity index (χ3v) is 9.95. The first kappa shape index (κ1) is 30.7. The lowest BCUT2D eigenvalue weighted by Gasteiger charge is -2.47. The van der Waals surface area contributed by atoms with Crippen molar-refractivity contribution in [3.8, 4) is 11.5 Å². The summed E-state index contributed by atoms with van der Waals surface area (Å²) in [6.45, 7) is 12.5. The molecule has 0 amide bonds. The second-order valence-corrected chi connectivity index (χ2v) is 12.5. The molecule has 0 N–H and O–H groups in total. The molecule has 0 radical (unpaired) electrons. The first-order valence-corrected chi connectivity index (χ1v) is 15.5. The molecule has 0 spiro atoms. The fourth-order valence-electron chi connectivity index (χ4n) is 6.94. The van der Waals surface area contributed by atoms with Gasteiger partial charge in [-0.15, -0.1) is 0 Å². The third-order valence-electron chi connectivity index (χ3n) is 9.26. The van der Waals surface area contributed by atoms with E-state index in [2.05, 4.69) is 36.1 Å². The summed E-state index contributed by atoms with van der Waals surface area (Å²) < 4.78 is 18.7. The summed E-state index contributed by atoms with van der Waals surface area (Å²) in [5.74, 6) is 0.917. The zero-order valence-corrected chi connectivity index (χ0v) is 26.8. The number of fused-ring (bicyclic) bond motifs is 1. The monoisotopic (exact) mass is 599 g/mol. The molecule has 2 aliphatic heterocycles. The molecule has 1 fully saturated rings. The molecule has 226 valence electrons. The van der Waals surface area contributed by atoms with Crippen molar-refractivity contribution in [3.05, 3.63) is 94.0 Å². The van der Waals surface area contributed by atoms with Crippen LogP contribution in [-0.2, 0) is 26.3 Å². The third kappa shape index (κ3) is 5.67. The van der Waals surface area contributed by atoms with Crippen LogP contribution in [0.4, 0.5) is 0 Å². The van der Waals surface area contributed by atoms with Gasteiger partial charge in [0.05, 0.1) is 0 Å². The number of esters is 2. The number of carbonyl (C=O) groups excluding carboxylic acids is 2. The van der Waals surface area contributed by atoms with Gasteiger partial charge < -0.3 is 19.1 Å². The van der Waals surface area contributed by atoms with E-state index < -0.39 is 11.2 Å². The zero-order chi connectivity index (χ0) is 30.9. The maximum atomic E-state index is 12.6. The molecule has 0 bridgehead atoms. The van der Waals surface area contributed by atoms with Crippen LogP contribution in [0.1, 0.15) is 73.4 Å². The van der Waals surface area contributed by atoms with E-state index >= 15 is 0 Å². The summed E-state index contributed by atoms with van der Waals surface area (Å²) >= 11 is 6.16. The fourth-order valence-corrected chi connectivity index (χ4v) is 7.27. The number of carbonyl (C=O) groups is 2. The van der Waals surface area contributed by atoms with Crippen molar-refractivity contribution in [1.82, 2.24) is 4.90 Å². The lowest BCUT2D eigenvalue weighted by Crippen LogP contribution is -2.55. The van der Waals surface area contributed by atoms with Crippen molar-refractivity contribution in [2.75, 3.05) is 13.1 Å². The first-order valence-electron chi connectivity index (χ1n) is 15.1. The highest BCUT2D eigenvalue weighted by Crippen LogP contribution is 2.47. The van der Waals surface area contributed by atoms with Crippen LogP contribution < -0.4 is 9.47 Å². The number of piperidine rings is 1. The molecule has 1 saturated heterocycles. The number of thiocarbonyl (C=S) groups is 1. The largest absolute Gasteiger partial charge is 0.480 e. The SMILES string of the molecule is CC(=O)Oc1c(C)c(C)c2c(c1C)CCC(C)(C(=S)N1CCC(C(OC(C)=O)(c3ccccc3)c3ccccc3)CC1)O2. The number of nitrogens with zero attached hydrogens (tertiary/aromatic N) is 1. The molecule has 5 rings (SSSR count). The van der Waals surface area contributed by atoms with E-state index in [1.165, 1.54) is 13.8 Å². The van der Waals surface area contributed by atoms with Crippen LogP contribution in [0, 0.1) is 26.7 Å². The van der Waals surface area contributed by atoms with E-state index in [1.54, 1.807) is 0 Å². The molecule has 0 aliphatic carbocycles. The Labute approximate surface area is 260 Å². The molecule has 3 aromatic rings. The Morgan fingerprint density at radius 3 is 1.95 bits per heavy atom. The van der Waals surface area contributed by atoms with E-state index in [4.69, 9.17) is 26.4 Å². The molecule has 0 saturated carbocycles. The highest BCUT2D eigenvalue weighted by atomic mass is 32.1. The Morgan fingerprint density at radius 2 is 1.44 bits per heavy atom. The fraction of sp³-hybridized carbons (Fsp3) is 0.417. The minimum Gasteiger partial charge on any atom is -0.480 e. The van der Waals surface area contributed by atoms with Crippen molar-refractivity contribution in [2.24, 2.45) is 5.92 Å². The highest BCUT2D eigenvalue weighted by molar-refractivity contribution is 7.80. The number of rotatable bonds is 6. The van der Waals surface area contributed by atoms with Crippen molar-refractivity contribution in [2.45, 2.75) is 78.4 Å². The predicted molar refractivity (Wildman–Crippen MR) is 172 cm³/mol. The molecule has 2 aliphatic rings. The summed E-state index contributed by atoms with van der Waals surface area (Å²) in [7, 11) is 0. The minimum absolute atomic E-state index is 0.0632. The second kappa shape index (κ2) is 12.1. The van der Waals surface area contributed by atoms with Crippen molar-refractivity contribution in [1.29, 1.82) is 0 Å². The van der Waals surface area contributed by atoms with Crippen LogP contribution in [-0.4, -0.2) is 40.5 Å². The Kier molecular flexibility index (Phi) is 8.66. The Hall–Kier alpha value is -3.71. The van der Waals surface area contributed by atoms with Gasteiger partial charge in [-0.05, 0) is 70.1 Å². The summed E-state index contributed by atoms with van der Waals surface area (Å²) in [4.78, 5) is 27.5. The molecule has 6 nitrogen and oxygen atoms in total. The van der Waals surface area contributed by atoms with Crippen molar-refractivity contribution in [3.63, 3.8) is 0 Å². The van der Waals surface area contributed by atoms with Gasteiger partial charge in [0.1, 0.15) is 16.5 Å². The van der Waals surface area contributed by atoms with Crippen LogP contribution in [0.2, 0.25) is 0 Å². The Balaban J connectivity index is 1.40. The number of likely N-dealkylation sites (tertiary alicyclic amines) is 1. The van der Waals surface area contributed by atoms with E-state index in [9.17, 15) is 9.59 Å². The summed E-state index contributed by atoms with van der Waals surface area (Å²) in [6.07, 6.45) is 3.11. The zero-order valence-electron chi connectivity index (χ0n) is 26.0. The van der Waals surface area contributed by atoms with Gasteiger partial charge in [-0.25, -0.2) is 0 Å². The van der Waals surface area contributed by atoms with Crippen LogP contribution >= 0.6 is 12.2 Å². The summed E-state index contributed by atoms with van der Waals surface area (Å²) in [6, 6.07) is 20.2. The highest BCUT2D eigenvalue weighted by Gasteiger charge is 2.48. The van der Waals surface area contributed by atoms with E-state index in [0.29, 0.717) is 5.75 Å². The molecule has 3 aromatic carbocycles. The van der Waals surface area contributed by atoms with E-state index in [1.807, 2.05) is 57.2 Å². The maximum absolute atomic E-state index is 12.6. The number of ether oxygens (including phenoxy) is 3. The van der Waals surface area contributed by atoms with Gasteiger partial charge in [0, 0.05) is 49.5 Å². The normalized spacial score (nSPS) is 18.8. The van der Waals surface area contributed by atoms with E-state index in [-0.39, 0.29) is 17.9 Å². The smallest absolute Gasteiger partial charge is 0.308 e. The molecule has 7 heteroatoms. The van der Waals surface area contributed by atoms with Crippen LogP contribution in [0.5, 0.6) is 11.5 Å². The van der Waals surface area contributed by atoms with Gasteiger partial charge in [0.25, 0.3) is 0 Å². The summed E-state index contributed by atoms with van der Waals surface area (Å²) in [5, 5.41) is 0. The minimum atomic E-state index is -0.891. The number of benzene rings is 3. The first-order chi connectivity index (χ1) is 20.5.